The molecule has 1 saturated carbocycles. The Bertz CT molecular complexity index is 492. The maximum Gasteiger partial charge on any atom is 0.237 e. The summed E-state index contributed by atoms with van der Waals surface area (Å²) in [7, 11) is 0. The van der Waals surface area contributed by atoms with Crippen LogP contribution in [0.15, 0.2) is 0 Å². The minimum atomic E-state index is -0.401. The van der Waals surface area contributed by atoms with Gasteiger partial charge in [-0.3, -0.25) is 4.79 Å². The van der Waals surface area contributed by atoms with Crippen LogP contribution in [0, 0.1) is 0 Å². The second kappa shape index (κ2) is 7.40. The van der Waals surface area contributed by atoms with E-state index >= 15 is 0 Å². The number of halogens is 1. The van der Waals surface area contributed by atoms with Crippen molar-refractivity contribution in [2.45, 2.75) is 45.1 Å². The number of hydrogen-bond donors (Lipinski definition) is 2. The molecule has 1 aromatic heterocycles. The van der Waals surface area contributed by atoms with Gasteiger partial charge in [-0.1, -0.05) is 19.8 Å². The predicted molar refractivity (Wildman–Crippen MR) is 82.4 cm³/mol. The molecule has 8 heteroatoms. The standard InChI is InChI=1S/C13H21ClN6O/c1-2-7-16-12-17-11(14)18-13(19-12)20(8-10(15)21)9-5-3-4-6-9/h9H,2-8H2,1H3,(H2,15,21)(H,16,17,18,19). The normalized spacial score (nSPS) is 15.1. The lowest BCUT2D eigenvalue weighted by molar-refractivity contribution is -0.116. The molecule has 0 unspecified atom stereocenters. The number of nitrogens with one attached hydrogen (secondary N) is 1. The number of carbonyl (C=O) groups excluding carboxylic acids is 1. The van der Waals surface area contributed by atoms with E-state index in [1.165, 1.54) is 0 Å². The van der Waals surface area contributed by atoms with Crippen molar-refractivity contribution in [3.05, 3.63) is 5.28 Å². The van der Waals surface area contributed by atoms with Crippen molar-refractivity contribution in [1.29, 1.82) is 0 Å². The summed E-state index contributed by atoms with van der Waals surface area (Å²) in [6.45, 7) is 2.89. The van der Waals surface area contributed by atoms with E-state index in [2.05, 4.69) is 27.2 Å². The number of aromatic nitrogens is 3. The van der Waals surface area contributed by atoms with Crippen LogP contribution in [0.1, 0.15) is 39.0 Å². The number of nitrogens with two attached hydrogens (primary N) is 1. The number of nitrogens with zero attached hydrogens (tertiary/aromatic N) is 4. The van der Waals surface area contributed by atoms with Gasteiger partial charge in [0.2, 0.25) is 23.1 Å². The number of anilines is 2. The van der Waals surface area contributed by atoms with Gasteiger partial charge in [0.15, 0.2) is 0 Å². The minimum absolute atomic E-state index is 0.0955. The predicted octanol–water partition coefficient (Wildman–Crippen LogP) is 1.58. The molecular formula is C13H21ClN6O. The summed E-state index contributed by atoms with van der Waals surface area (Å²) in [6, 6.07) is 0.231. The third kappa shape index (κ3) is 4.42. The fourth-order valence-electron chi connectivity index (χ4n) is 2.53. The first-order valence-electron chi connectivity index (χ1n) is 7.30. The van der Waals surface area contributed by atoms with Crippen molar-refractivity contribution < 1.29 is 4.79 Å². The molecule has 1 heterocycles. The summed E-state index contributed by atoms with van der Waals surface area (Å²) in [5, 5.41) is 3.20. The van der Waals surface area contributed by atoms with Crippen molar-refractivity contribution in [1.82, 2.24) is 15.0 Å². The largest absolute Gasteiger partial charge is 0.368 e. The van der Waals surface area contributed by atoms with Gasteiger partial charge in [0, 0.05) is 12.6 Å². The Labute approximate surface area is 129 Å². The molecule has 3 N–H and O–H groups in total. The van der Waals surface area contributed by atoms with Crippen LogP contribution in [0.4, 0.5) is 11.9 Å². The highest BCUT2D eigenvalue weighted by molar-refractivity contribution is 6.28. The Morgan fingerprint density at radius 2 is 2.10 bits per heavy atom. The van der Waals surface area contributed by atoms with Crippen molar-refractivity contribution in [2.24, 2.45) is 5.73 Å². The Morgan fingerprint density at radius 3 is 2.71 bits per heavy atom. The number of primary amides is 1. The Hall–Kier alpha value is -1.63. The second-order valence-corrected chi connectivity index (χ2v) is 5.53. The molecule has 1 amide bonds. The van der Waals surface area contributed by atoms with Gasteiger partial charge in [-0.2, -0.15) is 15.0 Å². The Kier molecular flexibility index (Phi) is 5.55. The van der Waals surface area contributed by atoms with Crippen molar-refractivity contribution in [3.63, 3.8) is 0 Å². The fraction of sp³-hybridized carbons (Fsp3) is 0.692. The SMILES string of the molecule is CCCNc1nc(Cl)nc(N(CC(N)=O)C2CCCC2)n1. The van der Waals surface area contributed by atoms with Crippen LogP contribution in [0.2, 0.25) is 5.28 Å². The summed E-state index contributed by atoms with van der Waals surface area (Å²) in [4.78, 5) is 25.8. The van der Waals surface area contributed by atoms with E-state index in [0.29, 0.717) is 11.9 Å². The Morgan fingerprint density at radius 1 is 1.38 bits per heavy atom. The smallest absolute Gasteiger partial charge is 0.237 e. The third-order valence-electron chi connectivity index (χ3n) is 3.48. The van der Waals surface area contributed by atoms with Crippen LogP contribution in [-0.4, -0.2) is 40.0 Å². The molecular weight excluding hydrogens is 292 g/mol. The topological polar surface area (TPSA) is 97.0 Å². The monoisotopic (exact) mass is 312 g/mol. The van der Waals surface area contributed by atoms with E-state index in [1.54, 1.807) is 0 Å². The fourth-order valence-corrected chi connectivity index (χ4v) is 2.69. The van der Waals surface area contributed by atoms with E-state index < -0.39 is 5.91 Å². The maximum atomic E-state index is 11.3. The van der Waals surface area contributed by atoms with Crippen LogP contribution >= 0.6 is 11.6 Å². The van der Waals surface area contributed by atoms with Crippen LogP contribution in [0.25, 0.3) is 0 Å². The van der Waals surface area contributed by atoms with Crippen molar-refractivity contribution in [2.75, 3.05) is 23.3 Å². The molecule has 0 bridgehead atoms. The van der Waals surface area contributed by atoms with Gasteiger partial charge in [-0.15, -0.1) is 0 Å². The van der Waals surface area contributed by atoms with Crippen LogP contribution in [0.5, 0.6) is 0 Å². The van der Waals surface area contributed by atoms with Crippen molar-refractivity contribution >= 4 is 29.4 Å². The van der Waals surface area contributed by atoms with Gasteiger partial charge >= 0.3 is 0 Å². The van der Waals surface area contributed by atoms with E-state index in [4.69, 9.17) is 17.3 Å². The molecule has 0 radical (unpaired) electrons. The highest BCUT2D eigenvalue weighted by Gasteiger charge is 2.26. The minimum Gasteiger partial charge on any atom is -0.368 e. The van der Waals surface area contributed by atoms with E-state index in [9.17, 15) is 4.79 Å². The molecule has 0 aliphatic heterocycles. The molecule has 1 aliphatic carbocycles. The first kappa shape index (κ1) is 15.8. The molecule has 1 aromatic rings. The van der Waals surface area contributed by atoms with Gasteiger partial charge < -0.3 is 16.0 Å². The highest BCUT2D eigenvalue weighted by Crippen LogP contribution is 2.27. The van der Waals surface area contributed by atoms with E-state index in [0.717, 1.165) is 38.6 Å². The summed E-state index contributed by atoms with van der Waals surface area (Å²) in [6.07, 6.45) is 5.24. The molecule has 7 nitrogen and oxygen atoms in total. The number of amides is 1. The summed E-state index contributed by atoms with van der Waals surface area (Å²) in [5.74, 6) is 0.445. The summed E-state index contributed by atoms with van der Waals surface area (Å²) in [5.41, 5.74) is 5.35. The summed E-state index contributed by atoms with van der Waals surface area (Å²) < 4.78 is 0. The molecule has 116 valence electrons. The van der Waals surface area contributed by atoms with Gasteiger partial charge in [-0.25, -0.2) is 0 Å². The lowest BCUT2D eigenvalue weighted by Crippen LogP contribution is -2.41. The zero-order chi connectivity index (χ0) is 15.2. The number of hydrogen-bond acceptors (Lipinski definition) is 6. The molecule has 21 heavy (non-hydrogen) atoms. The molecule has 0 aromatic carbocycles. The average molecular weight is 313 g/mol. The van der Waals surface area contributed by atoms with E-state index in [-0.39, 0.29) is 17.9 Å². The average Bonchev–Trinajstić information content (AvgIpc) is 2.95. The third-order valence-corrected chi connectivity index (χ3v) is 3.65. The maximum absolute atomic E-state index is 11.3. The lowest BCUT2D eigenvalue weighted by Gasteiger charge is -2.27. The molecule has 0 spiro atoms. The first-order valence-corrected chi connectivity index (χ1v) is 7.68. The second-order valence-electron chi connectivity index (χ2n) is 5.19. The lowest BCUT2D eigenvalue weighted by atomic mass is 10.2. The molecule has 0 saturated heterocycles. The zero-order valence-corrected chi connectivity index (χ0v) is 12.9. The van der Waals surface area contributed by atoms with Gasteiger partial charge in [0.25, 0.3) is 0 Å². The van der Waals surface area contributed by atoms with Crippen LogP contribution < -0.4 is 16.0 Å². The molecule has 0 atom stereocenters. The van der Waals surface area contributed by atoms with Crippen molar-refractivity contribution in [3.8, 4) is 0 Å². The quantitative estimate of drug-likeness (QED) is 0.793. The van der Waals surface area contributed by atoms with E-state index in [1.807, 2.05) is 4.90 Å². The van der Waals surface area contributed by atoms with Gasteiger partial charge in [0.1, 0.15) is 0 Å². The summed E-state index contributed by atoms with van der Waals surface area (Å²) >= 11 is 5.97. The number of carbonyl (C=O) groups is 1. The zero-order valence-electron chi connectivity index (χ0n) is 12.2. The van der Waals surface area contributed by atoms with Gasteiger partial charge in [-0.05, 0) is 30.9 Å². The molecule has 2 rings (SSSR count). The molecule has 1 fully saturated rings. The van der Waals surface area contributed by atoms with Gasteiger partial charge in [0.05, 0.1) is 6.54 Å². The van der Waals surface area contributed by atoms with Crippen LogP contribution in [0.3, 0.4) is 0 Å². The van der Waals surface area contributed by atoms with Crippen LogP contribution in [-0.2, 0) is 4.79 Å². The number of rotatable bonds is 7. The highest BCUT2D eigenvalue weighted by atomic mass is 35.5. The Balaban J connectivity index is 2.24. The molecule has 1 aliphatic rings. The first-order chi connectivity index (χ1) is 10.1.